The van der Waals surface area contributed by atoms with Crippen molar-refractivity contribution in [1.29, 1.82) is 0 Å². The fraction of sp³-hybridized carbons (Fsp3) is 0.182. The first-order valence-corrected chi connectivity index (χ1v) is 11.5. The minimum Gasteiger partial charge on any atom is -0.478 e. The largest absolute Gasteiger partial charge is 0.478 e. The van der Waals surface area contributed by atoms with Gasteiger partial charge in [0.25, 0.3) is 5.95 Å². The second-order valence-corrected chi connectivity index (χ2v) is 8.82. The van der Waals surface area contributed by atoms with Gasteiger partial charge < -0.3 is 14.7 Å². The lowest BCUT2D eigenvalue weighted by atomic mass is 10.2. The molecule has 1 fully saturated rings. The van der Waals surface area contributed by atoms with Gasteiger partial charge in [0, 0.05) is 41.2 Å². The molecule has 4 aromatic rings. The van der Waals surface area contributed by atoms with Crippen LogP contribution in [0.3, 0.4) is 0 Å². The lowest BCUT2D eigenvalue weighted by molar-refractivity contribution is 0.0697. The third-order valence-electron chi connectivity index (χ3n) is 5.03. The Labute approximate surface area is 192 Å². The summed E-state index contributed by atoms with van der Waals surface area (Å²) in [6, 6.07) is 12.8. The first-order valence-electron chi connectivity index (χ1n) is 9.93. The molecule has 162 valence electrons. The number of hydrogen-bond acceptors (Lipinski definition) is 7. The number of aromatic nitrogens is 4. The van der Waals surface area contributed by atoms with Crippen LogP contribution in [0.1, 0.15) is 10.4 Å². The number of anilines is 1. The highest BCUT2D eigenvalue weighted by atomic mass is 35.5. The van der Waals surface area contributed by atoms with E-state index in [1.54, 1.807) is 12.1 Å². The zero-order valence-corrected chi connectivity index (χ0v) is 18.4. The molecule has 32 heavy (non-hydrogen) atoms. The molecule has 1 aliphatic rings. The Morgan fingerprint density at radius 2 is 1.81 bits per heavy atom. The highest BCUT2D eigenvalue weighted by Gasteiger charge is 2.19. The van der Waals surface area contributed by atoms with Crippen LogP contribution in [0, 0.1) is 0 Å². The predicted molar refractivity (Wildman–Crippen MR) is 125 cm³/mol. The maximum absolute atomic E-state index is 11.3. The zero-order valence-electron chi connectivity index (χ0n) is 16.8. The minimum atomic E-state index is -1.05. The molecule has 0 aliphatic carbocycles. The van der Waals surface area contributed by atoms with Crippen LogP contribution in [-0.4, -0.2) is 55.4 Å². The van der Waals surface area contributed by atoms with Crippen molar-refractivity contribution < 1.29 is 14.6 Å². The van der Waals surface area contributed by atoms with Crippen LogP contribution in [0.25, 0.3) is 16.9 Å². The Bertz CT molecular complexity index is 1290. The molecule has 10 heteroatoms. The summed E-state index contributed by atoms with van der Waals surface area (Å²) in [5.41, 5.74) is 0.801. The Morgan fingerprint density at radius 1 is 1.06 bits per heavy atom. The maximum atomic E-state index is 11.3. The quantitative estimate of drug-likeness (QED) is 0.458. The van der Waals surface area contributed by atoms with Gasteiger partial charge in [-0.05, 0) is 42.5 Å². The number of benzene rings is 2. The summed E-state index contributed by atoms with van der Waals surface area (Å²) in [5.74, 6) is 3.41. The number of carboxylic acid groups (broad SMARTS) is 1. The second-order valence-electron chi connectivity index (χ2n) is 7.16. The van der Waals surface area contributed by atoms with E-state index in [1.807, 2.05) is 42.1 Å². The first-order chi connectivity index (χ1) is 15.6. The zero-order chi connectivity index (χ0) is 22.1. The normalized spacial score (nSPS) is 14.0. The molecule has 1 N–H and O–H groups in total. The van der Waals surface area contributed by atoms with Crippen LogP contribution < -0.4 is 9.64 Å². The van der Waals surface area contributed by atoms with Crippen molar-refractivity contribution in [3.05, 3.63) is 65.4 Å². The van der Waals surface area contributed by atoms with Crippen molar-refractivity contribution in [2.75, 3.05) is 29.5 Å². The summed E-state index contributed by atoms with van der Waals surface area (Å²) in [4.78, 5) is 22.9. The molecular weight excluding hydrogens is 450 g/mol. The van der Waals surface area contributed by atoms with E-state index in [2.05, 4.69) is 15.0 Å². The number of hydrogen-bond donors (Lipinski definition) is 1. The van der Waals surface area contributed by atoms with Crippen molar-refractivity contribution >= 4 is 46.1 Å². The molecule has 2 aromatic carbocycles. The Hall–Kier alpha value is -3.30. The first kappa shape index (κ1) is 20.6. The smallest absolute Gasteiger partial charge is 0.338 e. The average Bonchev–Trinajstić information content (AvgIpc) is 3.31. The Kier molecular flexibility index (Phi) is 5.59. The summed E-state index contributed by atoms with van der Waals surface area (Å²) in [6.45, 7) is 1.72. The molecule has 0 bridgehead atoms. The number of aromatic carboxylic acids is 1. The van der Waals surface area contributed by atoms with Gasteiger partial charge in [-0.3, -0.25) is 0 Å². The molecule has 0 spiro atoms. The number of rotatable bonds is 5. The lowest BCUT2D eigenvalue weighted by Gasteiger charge is -2.28. The van der Waals surface area contributed by atoms with Crippen LogP contribution in [0.4, 0.5) is 5.82 Å². The summed E-state index contributed by atoms with van der Waals surface area (Å²) in [5, 5.41) is 14.9. The summed E-state index contributed by atoms with van der Waals surface area (Å²) in [7, 11) is 0. The summed E-state index contributed by atoms with van der Waals surface area (Å²) in [6.07, 6.45) is 2.70. The van der Waals surface area contributed by atoms with E-state index < -0.39 is 5.97 Å². The molecule has 0 atom stereocenters. The standard InChI is InChI=1S/C22H18ClN5O3S/c23-15-1-3-16(4-2-15)31-17-5-6-19-18(11-17)20(27-7-9-32-10-8-27)26-22(25-19)28-13-14(12-24-28)21(29)30/h1-6,11-13H,7-10H2,(H,29,30). The van der Waals surface area contributed by atoms with Crippen LogP contribution in [0.5, 0.6) is 11.5 Å². The number of thioether (sulfide) groups is 1. The molecule has 2 aromatic heterocycles. The van der Waals surface area contributed by atoms with Gasteiger partial charge in [-0.25, -0.2) is 14.5 Å². The van der Waals surface area contributed by atoms with Crippen LogP contribution >= 0.6 is 23.4 Å². The van der Waals surface area contributed by atoms with Gasteiger partial charge in [-0.15, -0.1) is 0 Å². The number of nitrogens with zero attached hydrogens (tertiary/aromatic N) is 5. The molecule has 3 heterocycles. The molecule has 1 aliphatic heterocycles. The van der Waals surface area contributed by atoms with Gasteiger partial charge >= 0.3 is 5.97 Å². The highest BCUT2D eigenvalue weighted by Crippen LogP contribution is 2.32. The fourth-order valence-electron chi connectivity index (χ4n) is 3.44. The number of carbonyl (C=O) groups is 1. The SMILES string of the molecule is O=C(O)c1cnn(-c2nc(N3CCSCC3)c3cc(Oc4ccc(Cl)cc4)ccc3n2)c1. The van der Waals surface area contributed by atoms with Crippen LogP contribution in [0.15, 0.2) is 54.9 Å². The predicted octanol–water partition coefficient (Wildman–Crippen LogP) is 4.51. The van der Waals surface area contributed by atoms with Crippen molar-refractivity contribution in [3.8, 4) is 17.4 Å². The molecule has 1 saturated heterocycles. The molecule has 0 saturated carbocycles. The fourth-order valence-corrected chi connectivity index (χ4v) is 4.47. The van der Waals surface area contributed by atoms with Gasteiger partial charge in [0.2, 0.25) is 0 Å². The van der Waals surface area contributed by atoms with E-state index in [-0.39, 0.29) is 5.56 Å². The van der Waals surface area contributed by atoms with Gasteiger partial charge in [0.05, 0.1) is 17.3 Å². The van der Waals surface area contributed by atoms with E-state index in [1.165, 1.54) is 17.1 Å². The van der Waals surface area contributed by atoms with Gasteiger partial charge in [0.15, 0.2) is 0 Å². The molecular formula is C22H18ClN5O3S. The third-order valence-corrected chi connectivity index (χ3v) is 6.22. The molecule has 0 amide bonds. The third kappa shape index (κ3) is 4.21. The van der Waals surface area contributed by atoms with E-state index in [4.69, 9.17) is 21.3 Å². The van der Waals surface area contributed by atoms with E-state index >= 15 is 0 Å². The molecule has 0 unspecified atom stereocenters. The highest BCUT2D eigenvalue weighted by molar-refractivity contribution is 7.99. The summed E-state index contributed by atoms with van der Waals surface area (Å²) < 4.78 is 7.40. The van der Waals surface area contributed by atoms with E-state index in [0.717, 1.165) is 41.3 Å². The van der Waals surface area contributed by atoms with E-state index in [0.29, 0.717) is 22.5 Å². The second kappa shape index (κ2) is 8.68. The molecule has 8 nitrogen and oxygen atoms in total. The number of ether oxygens (including phenoxy) is 1. The topological polar surface area (TPSA) is 93.4 Å². The van der Waals surface area contributed by atoms with Crippen LogP contribution in [0.2, 0.25) is 5.02 Å². The van der Waals surface area contributed by atoms with Crippen molar-refractivity contribution in [1.82, 2.24) is 19.7 Å². The van der Waals surface area contributed by atoms with Gasteiger partial charge in [-0.1, -0.05) is 11.6 Å². The monoisotopic (exact) mass is 467 g/mol. The number of halogens is 1. The number of carboxylic acids is 1. The molecule has 0 radical (unpaired) electrons. The lowest BCUT2D eigenvalue weighted by Crippen LogP contribution is -2.33. The average molecular weight is 468 g/mol. The minimum absolute atomic E-state index is 0.0799. The molecule has 5 rings (SSSR count). The van der Waals surface area contributed by atoms with Crippen LogP contribution in [-0.2, 0) is 0 Å². The maximum Gasteiger partial charge on any atom is 0.338 e. The summed E-state index contributed by atoms with van der Waals surface area (Å²) >= 11 is 7.87. The number of fused-ring (bicyclic) bond motifs is 1. The van der Waals surface area contributed by atoms with Crippen molar-refractivity contribution in [3.63, 3.8) is 0 Å². The van der Waals surface area contributed by atoms with Gasteiger partial charge in [-0.2, -0.15) is 21.8 Å². The van der Waals surface area contributed by atoms with Gasteiger partial charge in [0.1, 0.15) is 17.3 Å². The Balaban J connectivity index is 1.58. The van der Waals surface area contributed by atoms with E-state index in [9.17, 15) is 9.90 Å². The van der Waals surface area contributed by atoms with Crippen molar-refractivity contribution in [2.24, 2.45) is 0 Å². The Morgan fingerprint density at radius 3 is 2.53 bits per heavy atom. The van der Waals surface area contributed by atoms with Crippen molar-refractivity contribution in [2.45, 2.75) is 0 Å².